The highest BCUT2D eigenvalue weighted by atomic mass is 127. The van der Waals surface area contributed by atoms with E-state index in [1.165, 1.54) is 36.4 Å². The van der Waals surface area contributed by atoms with Gasteiger partial charge in [0.05, 0.1) is 21.4 Å². The van der Waals surface area contributed by atoms with E-state index < -0.39 is 36.2 Å². The first-order chi connectivity index (χ1) is 19.2. The zero-order chi connectivity index (χ0) is 28.8. The van der Waals surface area contributed by atoms with Gasteiger partial charge in [-0.15, -0.1) is 0 Å². The van der Waals surface area contributed by atoms with E-state index in [-0.39, 0.29) is 23.6 Å². The highest BCUT2D eigenvalue weighted by Gasteiger charge is 2.35. The lowest BCUT2D eigenvalue weighted by atomic mass is 10.1. The van der Waals surface area contributed by atoms with Crippen LogP contribution in [0.1, 0.15) is 28.4 Å². The molecule has 3 aromatic rings. The van der Waals surface area contributed by atoms with Gasteiger partial charge in [0.1, 0.15) is 24.7 Å². The second-order valence-electron chi connectivity index (χ2n) is 8.46. The average molecular weight is 659 g/mol. The third-order valence-electron chi connectivity index (χ3n) is 5.64. The number of aromatic carboxylic acids is 1. The van der Waals surface area contributed by atoms with Crippen molar-refractivity contribution in [3.8, 4) is 11.5 Å². The summed E-state index contributed by atoms with van der Waals surface area (Å²) < 4.78 is 26.2. The van der Waals surface area contributed by atoms with Gasteiger partial charge in [-0.1, -0.05) is 24.3 Å². The van der Waals surface area contributed by atoms with Crippen LogP contribution < -0.4 is 20.1 Å². The van der Waals surface area contributed by atoms with Crippen molar-refractivity contribution in [2.75, 3.05) is 18.5 Å². The Hall–Kier alpha value is -4.46. The molecule has 4 amide bonds. The van der Waals surface area contributed by atoms with Gasteiger partial charge in [-0.25, -0.2) is 18.9 Å². The van der Waals surface area contributed by atoms with Gasteiger partial charge in [0.15, 0.2) is 11.5 Å². The van der Waals surface area contributed by atoms with Crippen LogP contribution in [0.25, 0.3) is 6.08 Å². The molecule has 3 N–H and O–H groups in total. The van der Waals surface area contributed by atoms with Crippen molar-refractivity contribution in [2.24, 2.45) is 0 Å². The number of carbonyl (C=O) groups excluding carboxylic acids is 3. The van der Waals surface area contributed by atoms with E-state index in [9.17, 15) is 23.6 Å². The largest absolute Gasteiger partial charge is 0.490 e. The molecule has 0 bridgehead atoms. The Balaban J connectivity index is 1.48. The zero-order valence-corrected chi connectivity index (χ0v) is 23.2. The van der Waals surface area contributed by atoms with Crippen molar-refractivity contribution in [3.63, 3.8) is 0 Å². The number of rotatable bonds is 10. The lowest BCUT2D eigenvalue weighted by molar-refractivity contribution is -0.127. The number of halogens is 2. The van der Waals surface area contributed by atoms with E-state index >= 15 is 0 Å². The minimum Gasteiger partial charge on any atom is -0.490 e. The van der Waals surface area contributed by atoms with Crippen LogP contribution >= 0.6 is 22.6 Å². The average Bonchev–Trinajstić information content (AvgIpc) is 3.17. The molecule has 0 aromatic heterocycles. The summed E-state index contributed by atoms with van der Waals surface area (Å²) in [7, 11) is 0. The number of amides is 4. The number of carboxylic acids is 1. The van der Waals surface area contributed by atoms with Gasteiger partial charge in [0.25, 0.3) is 5.91 Å². The third-order valence-corrected chi connectivity index (χ3v) is 6.44. The Morgan fingerprint density at radius 2 is 1.82 bits per heavy atom. The van der Waals surface area contributed by atoms with Crippen LogP contribution in [-0.4, -0.2) is 47.0 Å². The van der Waals surface area contributed by atoms with Crippen molar-refractivity contribution < 1.29 is 38.1 Å². The highest BCUT2D eigenvalue weighted by molar-refractivity contribution is 14.1. The minimum absolute atomic E-state index is 0.0471. The summed E-state index contributed by atoms with van der Waals surface area (Å²) in [5, 5.41) is 13.9. The van der Waals surface area contributed by atoms with Crippen molar-refractivity contribution in [3.05, 3.63) is 92.4 Å². The molecule has 0 spiro atoms. The number of urea groups is 1. The first-order valence-electron chi connectivity index (χ1n) is 12.0. The Morgan fingerprint density at radius 3 is 2.50 bits per heavy atom. The van der Waals surface area contributed by atoms with Crippen molar-refractivity contribution in [1.29, 1.82) is 0 Å². The predicted octanol–water partition coefficient (Wildman–Crippen LogP) is 4.64. The van der Waals surface area contributed by atoms with Crippen molar-refractivity contribution in [2.45, 2.75) is 13.5 Å². The van der Waals surface area contributed by atoms with Gasteiger partial charge in [-0.05, 0) is 83.1 Å². The van der Waals surface area contributed by atoms with Gasteiger partial charge in [-0.3, -0.25) is 9.59 Å². The fraction of sp³-hybridized carbons (Fsp3) is 0.143. The van der Waals surface area contributed by atoms with E-state index in [1.807, 2.05) is 0 Å². The molecule has 0 aliphatic carbocycles. The van der Waals surface area contributed by atoms with Gasteiger partial charge in [0, 0.05) is 0 Å². The van der Waals surface area contributed by atoms with Gasteiger partial charge in [-0.2, -0.15) is 0 Å². The molecule has 10 nitrogen and oxygen atoms in total. The number of hydrogen-bond acceptors (Lipinski definition) is 6. The van der Waals surface area contributed by atoms with Crippen LogP contribution in [0.3, 0.4) is 0 Å². The lowest BCUT2D eigenvalue weighted by Gasteiger charge is -2.15. The monoisotopic (exact) mass is 659 g/mol. The zero-order valence-electron chi connectivity index (χ0n) is 21.1. The van der Waals surface area contributed by atoms with Crippen molar-refractivity contribution >= 4 is 58.2 Å². The molecule has 0 radical (unpaired) electrons. The number of nitrogens with one attached hydrogen (secondary N) is 2. The number of nitrogens with zero attached hydrogens (tertiary/aromatic N) is 1. The van der Waals surface area contributed by atoms with Crippen LogP contribution in [0, 0.1) is 9.39 Å². The quantitative estimate of drug-likeness (QED) is 0.164. The molecule has 1 heterocycles. The number of benzene rings is 3. The van der Waals surface area contributed by atoms with Crippen LogP contribution in [0.4, 0.5) is 14.9 Å². The fourth-order valence-electron chi connectivity index (χ4n) is 3.75. The number of carboxylic acid groups (broad SMARTS) is 1. The second-order valence-corrected chi connectivity index (χ2v) is 9.62. The van der Waals surface area contributed by atoms with E-state index in [0.717, 1.165) is 10.5 Å². The van der Waals surface area contributed by atoms with Gasteiger partial charge >= 0.3 is 12.0 Å². The molecular formula is C28H23FIN3O7. The highest BCUT2D eigenvalue weighted by Crippen LogP contribution is 2.35. The first kappa shape index (κ1) is 28.5. The molecule has 12 heteroatoms. The van der Waals surface area contributed by atoms with Gasteiger partial charge < -0.3 is 25.2 Å². The SMILES string of the molecule is CCOc1cc(/C=C2/NC(=O)N(CC(=O)Nc3ccccc3F)C2=O)cc(I)c1OCc1ccc(C(=O)O)cc1. The molecule has 0 saturated carbocycles. The molecule has 0 atom stereocenters. The lowest BCUT2D eigenvalue weighted by Crippen LogP contribution is -2.38. The van der Waals surface area contributed by atoms with Crippen LogP contribution in [-0.2, 0) is 16.2 Å². The fourth-order valence-corrected chi connectivity index (χ4v) is 4.53. The summed E-state index contributed by atoms with van der Waals surface area (Å²) in [6, 6.07) is 14.4. The maximum absolute atomic E-state index is 13.8. The number of anilines is 1. The minimum atomic E-state index is -1.02. The molecule has 40 heavy (non-hydrogen) atoms. The Morgan fingerprint density at radius 1 is 1.10 bits per heavy atom. The Kier molecular flexibility index (Phi) is 8.99. The molecule has 206 valence electrons. The molecule has 4 rings (SSSR count). The first-order valence-corrected chi connectivity index (χ1v) is 13.0. The van der Waals surface area contributed by atoms with Crippen LogP contribution in [0.15, 0.2) is 66.4 Å². The molecule has 1 aliphatic heterocycles. The third kappa shape index (κ3) is 6.75. The second kappa shape index (κ2) is 12.6. The van der Waals surface area contributed by atoms with Crippen LogP contribution in [0.2, 0.25) is 0 Å². The summed E-state index contributed by atoms with van der Waals surface area (Å²) >= 11 is 2.06. The number of hydrogen-bond donors (Lipinski definition) is 3. The maximum Gasteiger partial charge on any atom is 0.335 e. The summed E-state index contributed by atoms with van der Waals surface area (Å²) in [6.07, 6.45) is 1.45. The van der Waals surface area contributed by atoms with Crippen LogP contribution in [0.5, 0.6) is 11.5 Å². The number of para-hydroxylation sites is 1. The van der Waals surface area contributed by atoms with E-state index in [2.05, 4.69) is 33.2 Å². The summed E-state index contributed by atoms with van der Waals surface area (Å²) in [4.78, 5) is 49.5. The maximum atomic E-state index is 13.8. The smallest absolute Gasteiger partial charge is 0.335 e. The molecule has 1 aliphatic rings. The molecular weight excluding hydrogens is 636 g/mol. The number of carbonyl (C=O) groups is 4. The summed E-state index contributed by atoms with van der Waals surface area (Å²) in [5.74, 6) is -2.25. The normalized spacial score (nSPS) is 13.8. The Bertz CT molecular complexity index is 1510. The molecule has 1 fully saturated rings. The summed E-state index contributed by atoms with van der Waals surface area (Å²) in [5.41, 5.74) is 1.35. The van der Waals surface area contributed by atoms with E-state index in [1.54, 1.807) is 37.3 Å². The molecule has 3 aromatic carbocycles. The topological polar surface area (TPSA) is 134 Å². The van der Waals surface area contributed by atoms with Gasteiger partial charge in [0.2, 0.25) is 5.91 Å². The summed E-state index contributed by atoms with van der Waals surface area (Å²) in [6.45, 7) is 1.70. The van der Waals surface area contributed by atoms with E-state index in [0.29, 0.717) is 27.2 Å². The number of ether oxygens (including phenoxy) is 2. The molecule has 1 saturated heterocycles. The van der Waals surface area contributed by atoms with E-state index in [4.69, 9.17) is 14.6 Å². The predicted molar refractivity (Wildman–Crippen MR) is 151 cm³/mol. The number of imide groups is 1. The van der Waals surface area contributed by atoms with Crippen molar-refractivity contribution in [1.82, 2.24) is 10.2 Å². The molecule has 0 unspecified atom stereocenters. The standard InChI is InChI=1S/C28H23FIN3O7/c1-2-39-23-13-17(11-20(30)25(23)40-15-16-7-9-18(10-8-16)27(36)37)12-22-26(35)33(28(38)32-22)14-24(34)31-21-6-4-3-5-19(21)29/h3-13H,2,14-15H2,1H3,(H,31,34)(H,32,38)(H,36,37)/b22-12+. The Labute approximate surface area is 241 Å².